The first-order chi connectivity index (χ1) is 9.86. The minimum atomic E-state index is 0.0984. The molecule has 1 aliphatic rings. The molecule has 1 heteroatoms. The van der Waals surface area contributed by atoms with E-state index in [4.69, 9.17) is 5.11 Å². The number of hydrogen-bond donors (Lipinski definition) is 1. The third-order valence-corrected chi connectivity index (χ3v) is 4.27. The van der Waals surface area contributed by atoms with Gasteiger partial charge in [0.25, 0.3) is 0 Å². The Bertz CT molecular complexity index is 484. The fourth-order valence-electron chi connectivity index (χ4n) is 2.85. The van der Waals surface area contributed by atoms with Crippen molar-refractivity contribution in [3.05, 3.63) is 59.3 Å². The van der Waals surface area contributed by atoms with Gasteiger partial charge in [-0.3, -0.25) is 0 Å². The molecule has 1 nitrogen and oxygen atoms in total. The van der Waals surface area contributed by atoms with Crippen molar-refractivity contribution in [1.82, 2.24) is 0 Å². The Morgan fingerprint density at radius 1 is 1.29 bits per heavy atom. The summed E-state index contributed by atoms with van der Waals surface area (Å²) in [5.41, 5.74) is 4.17. The van der Waals surface area contributed by atoms with E-state index in [1.165, 1.54) is 24.0 Å². The Balaban J connectivity index is 2.73. The van der Waals surface area contributed by atoms with Gasteiger partial charge in [-0.05, 0) is 39.0 Å². The van der Waals surface area contributed by atoms with Gasteiger partial charge in [-0.2, -0.15) is 0 Å². The van der Waals surface area contributed by atoms with Crippen LogP contribution in [0.5, 0.6) is 0 Å². The van der Waals surface area contributed by atoms with E-state index in [-0.39, 0.29) is 6.61 Å². The van der Waals surface area contributed by atoms with Gasteiger partial charge in [-0.25, -0.2) is 0 Å². The highest BCUT2D eigenvalue weighted by Crippen LogP contribution is 2.41. The number of rotatable bonds is 5. The first-order valence-electron chi connectivity index (χ1n) is 7.84. The lowest BCUT2D eigenvalue weighted by Gasteiger charge is -2.36. The summed E-state index contributed by atoms with van der Waals surface area (Å²) in [7, 11) is 0. The highest BCUT2D eigenvalue weighted by molar-refractivity contribution is 5.29. The number of aliphatic hydroxyl groups excluding tert-OH is 1. The lowest BCUT2D eigenvalue weighted by atomic mass is 9.68. The molecule has 0 aromatic carbocycles. The predicted molar refractivity (Wildman–Crippen MR) is 93.1 cm³/mol. The number of hydrogen-bond acceptors (Lipinski definition) is 1. The quantitative estimate of drug-likeness (QED) is 0.532. The zero-order valence-corrected chi connectivity index (χ0v) is 14.2. The average Bonchev–Trinajstić information content (AvgIpc) is 2.37. The van der Waals surface area contributed by atoms with Crippen LogP contribution in [0, 0.1) is 11.3 Å². The highest BCUT2D eigenvalue weighted by Gasteiger charge is 2.30. The summed E-state index contributed by atoms with van der Waals surface area (Å²) < 4.78 is 0. The lowest BCUT2D eigenvalue weighted by molar-refractivity contribution is 0.255. The van der Waals surface area contributed by atoms with Crippen LogP contribution >= 0.6 is 0 Å². The third-order valence-electron chi connectivity index (χ3n) is 4.27. The zero-order valence-electron chi connectivity index (χ0n) is 14.2. The molecule has 1 N–H and O–H groups in total. The molecular weight excluding hydrogens is 256 g/mol. The first kappa shape index (κ1) is 17.7. The Morgan fingerprint density at radius 3 is 2.62 bits per heavy atom. The second-order valence-electron chi connectivity index (χ2n) is 6.71. The van der Waals surface area contributed by atoms with E-state index in [2.05, 4.69) is 52.0 Å². The van der Waals surface area contributed by atoms with Gasteiger partial charge in [-0.15, -0.1) is 0 Å². The van der Waals surface area contributed by atoms with Crippen LogP contribution in [0.2, 0.25) is 0 Å². The zero-order chi connectivity index (χ0) is 15.9. The largest absolute Gasteiger partial charge is 0.392 e. The minimum absolute atomic E-state index is 0.0984. The van der Waals surface area contributed by atoms with E-state index in [1.807, 2.05) is 19.1 Å². The van der Waals surface area contributed by atoms with Gasteiger partial charge in [0.15, 0.2) is 0 Å². The number of allylic oxidation sites excluding steroid dienone is 9. The van der Waals surface area contributed by atoms with Crippen LogP contribution < -0.4 is 0 Å². The fraction of sp³-hybridized carbons (Fsp3) is 0.500. The van der Waals surface area contributed by atoms with Crippen LogP contribution in [-0.2, 0) is 0 Å². The molecule has 0 aromatic rings. The SMILES string of the molecule is CC1=CCCC(C)(C)C1/C=C/C(C)=C\C=C\C(C)=C\CO. The van der Waals surface area contributed by atoms with Crippen molar-refractivity contribution in [2.24, 2.45) is 11.3 Å². The van der Waals surface area contributed by atoms with E-state index in [1.54, 1.807) is 6.08 Å². The van der Waals surface area contributed by atoms with Crippen molar-refractivity contribution in [1.29, 1.82) is 0 Å². The van der Waals surface area contributed by atoms with Crippen LogP contribution in [0.25, 0.3) is 0 Å². The second-order valence-corrected chi connectivity index (χ2v) is 6.71. The van der Waals surface area contributed by atoms with Crippen LogP contribution in [0.4, 0.5) is 0 Å². The molecule has 1 unspecified atom stereocenters. The Morgan fingerprint density at radius 2 is 2.00 bits per heavy atom. The van der Waals surface area contributed by atoms with E-state index in [0.717, 1.165) is 5.57 Å². The summed E-state index contributed by atoms with van der Waals surface area (Å²) in [6, 6.07) is 0. The fourth-order valence-corrected chi connectivity index (χ4v) is 2.85. The normalized spacial score (nSPS) is 23.9. The number of aliphatic hydroxyl groups is 1. The molecule has 0 amide bonds. The van der Waals surface area contributed by atoms with Gasteiger partial charge >= 0.3 is 0 Å². The maximum atomic E-state index is 8.81. The molecule has 1 rings (SSSR count). The predicted octanol–water partition coefficient (Wildman–Crippen LogP) is 5.37. The lowest BCUT2D eigenvalue weighted by Crippen LogP contribution is -2.26. The summed E-state index contributed by atoms with van der Waals surface area (Å²) in [5.74, 6) is 0.537. The molecule has 1 aliphatic carbocycles. The molecule has 116 valence electrons. The van der Waals surface area contributed by atoms with E-state index >= 15 is 0 Å². The van der Waals surface area contributed by atoms with Crippen molar-refractivity contribution >= 4 is 0 Å². The van der Waals surface area contributed by atoms with Crippen LogP contribution in [0.1, 0.15) is 47.5 Å². The van der Waals surface area contributed by atoms with Crippen molar-refractivity contribution in [3.63, 3.8) is 0 Å². The van der Waals surface area contributed by atoms with Gasteiger partial charge < -0.3 is 5.11 Å². The molecule has 0 saturated heterocycles. The van der Waals surface area contributed by atoms with E-state index in [0.29, 0.717) is 11.3 Å². The average molecular weight is 286 g/mol. The molecule has 0 spiro atoms. The highest BCUT2D eigenvalue weighted by atomic mass is 16.2. The first-order valence-corrected chi connectivity index (χ1v) is 7.84. The molecule has 0 radical (unpaired) electrons. The molecule has 0 heterocycles. The molecule has 0 aliphatic heterocycles. The van der Waals surface area contributed by atoms with Gasteiger partial charge in [-0.1, -0.05) is 73.1 Å². The maximum absolute atomic E-state index is 8.81. The molecule has 0 saturated carbocycles. The van der Waals surface area contributed by atoms with Gasteiger partial charge in [0.2, 0.25) is 0 Å². The van der Waals surface area contributed by atoms with Crippen molar-refractivity contribution in [3.8, 4) is 0 Å². The van der Waals surface area contributed by atoms with Gasteiger partial charge in [0.1, 0.15) is 0 Å². The maximum Gasteiger partial charge on any atom is 0.0617 e. The summed E-state index contributed by atoms with van der Waals surface area (Å²) in [5, 5.41) is 8.81. The Hall–Kier alpha value is -1.34. The Labute approximate surface area is 130 Å². The summed E-state index contributed by atoms with van der Waals surface area (Å²) >= 11 is 0. The molecule has 0 fully saturated rings. The molecule has 21 heavy (non-hydrogen) atoms. The van der Waals surface area contributed by atoms with E-state index in [9.17, 15) is 0 Å². The van der Waals surface area contributed by atoms with Crippen molar-refractivity contribution < 1.29 is 5.11 Å². The van der Waals surface area contributed by atoms with Crippen molar-refractivity contribution in [2.75, 3.05) is 6.61 Å². The molecular formula is C20H30O. The second kappa shape index (κ2) is 8.19. The minimum Gasteiger partial charge on any atom is -0.392 e. The molecule has 1 atom stereocenters. The van der Waals surface area contributed by atoms with Crippen molar-refractivity contribution in [2.45, 2.75) is 47.5 Å². The van der Waals surface area contributed by atoms with Crippen LogP contribution in [0.3, 0.4) is 0 Å². The molecule has 0 bridgehead atoms. The van der Waals surface area contributed by atoms with E-state index < -0.39 is 0 Å². The molecule has 0 aromatic heterocycles. The summed E-state index contributed by atoms with van der Waals surface area (Å²) in [6.07, 6.45) is 17.4. The van der Waals surface area contributed by atoms with Gasteiger partial charge in [0, 0.05) is 5.92 Å². The third kappa shape index (κ3) is 5.89. The van der Waals surface area contributed by atoms with Crippen LogP contribution in [0.15, 0.2) is 59.3 Å². The monoisotopic (exact) mass is 286 g/mol. The Kier molecular flexibility index (Phi) is 6.91. The topological polar surface area (TPSA) is 20.2 Å². The smallest absolute Gasteiger partial charge is 0.0617 e. The summed E-state index contributed by atoms with van der Waals surface area (Å²) in [6.45, 7) is 11.2. The van der Waals surface area contributed by atoms with Crippen LogP contribution in [-0.4, -0.2) is 11.7 Å². The van der Waals surface area contributed by atoms with Gasteiger partial charge in [0.05, 0.1) is 6.61 Å². The summed E-state index contributed by atoms with van der Waals surface area (Å²) in [4.78, 5) is 0. The standard InChI is InChI=1S/C20H30O/c1-16(8-6-9-17(2)13-15-21)11-12-19-18(3)10-7-14-20(19,4)5/h6,8-13,19,21H,7,14-15H2,1-5H3/b9-6+,12-11+,16-8-,17-13+.